The summed E-state index contributed by atoms with van der Waals surface area (Å²) in [6, 6.07) is 17.6. The maximum atomic E-state index is 11.8. The Morgan fingerprint density at radius 3 is 2.91 bits per heavy atom. The first-order valence-corrected chi connectivity index (χ1v) is 11.3. The van der Waals surface area contributed by atoms with Crippen LogP contribution in [0.1, 0.15) is 16.8 Å². The van der Waals surface area contributed by atoms with Crippen molar-refractivity contribution in [3.05, 3.63) is 87.8 Å². The third-order valence-electron chi connectivity index (χ3n) is 5.17. The molecule has 33 heavy (non-hydrogen) atoms. The number of hydrogen-bond donors (Lipinski definition) is 1. The number of benzene rings is 2. The van der Waals surface area contributed by atoms with E-state index < -0.39 is 0 Å². The second-order valence-electron chi connectivity index (χ2n) is 7.66. The average Bonchev–Trinajstić information content (AvgIpc) is 3.22. The number of fused-ring (bicyclic) bond motifs is 1. The highest BCUT2D eigenvalue weighted by atomic mass is 32.1. The van der Waals surface area contributed by atoms with Gasteiger partial charge in [0, 0.05) is 17.1 Å². The number of carbonyl (C=O) groups excluding carboxylic acids is 1. The van der Waals surface area contributed by atoms with Gasteiger partial charge in [0.05, 0.1) is 29.0 Å². The molecule has 7 nitrogen and oxygen atoms in total. The van der Waals surface area contributed by atoms with Crippen molar-refractivity contribution in [1.29, 1.82) is 0 Å². The second-order valence-corrected chi connectivity index (χ2v) is 8.50. The summed E-state index contributed by atoms with van der Waals surface area (Å²) in [6.45, 7) is 4.12. The maximum Gasteiger partial charge on any atom is 0.262 e. The zero-order valence-corrected chi connectivity index (χ0v) is 19.0. The molecule has 1 N–H and O–H groups in total. The largest absolute Gasteiger partial charge is 0.482 e. The van der Waals surface area contributed by atoms with Gasteiger partial charge in [0.1, 0.15) is 5.75 Å². The van der Waals surface area contributed by atoms with Crippen LogP contribution in [0.4, 0.5) is 11.4 Å². The highest BCUT2D eigenvalue weighted by Crippen LogP contribution is 2.33. The number of amides is 1. The standard InChI is InChI=1S/C25H21N5O2S/c1-16-6-7-17(2)20(11-16)29-25-30(27-13-19-5-3-4-10-26-19)22(15-33-25)18-8-9-23-21(12-18)28-24(31)14-32-23/h3-13,15H,14H2,1-2H3,(H,28,31)/b27-13-,29-25?. The summed E-state index contributed by atoms with van der Waals surface area (Å²) in [5.74, 6) is 0.481. The third-order valence-corrected chi connectivity index (χ3v) is 5.98. The highest BCUT2D eigenvalue weighted by Gasteiger charge is 2.18. The lowest BCUT2D eigenvalue weighted by Gasteiger charge is -2.18. The Morgan fingerprint density at radius 1 is 1.15 bits per heavy atom. The number of pyridine rings is 1. The number of carbonyl (C=O) groups is 1. The van der Waals surface area contributed by atoms with Crippen molar-refractivity contribution in [2.75, 3.05) is 11.9 Å². The molecule has 1 amide bonds. The Morgan fingerprint density at radius 2 is 2.06 bits per heavy atom. The van der Waals surface area contributed by atoms with Crippen LogP contribution in [0.25, 0.3) is 11.3 Å². The molecule has 1 aliphatic rings. The van der Waals surface area contributed by atoms with Crippen LogP contribution in [-0.4, -0.2) is 28.4 Å². The minimum Gasteiger partial charge on any atom is -0.482 e. The molecule has 0 fully saturated rings. The molecular weight excluding hydrogens is 434 g/mol. The molecule has 0 aliphatic carbocycles. The number of nitrogens with zero attached hydrogens (tertiary/aromatic N) is 4. The minimum absolute atomic E-state index is 0.0258. The second kappa shape index (κ2) is 8.84. The molecule has 1 aliphatic heterocycles. The van der Waals surface area contributed by atoms with Gasteiger partial charge >= 0.3 is 0 Å². The Labute approximate surface area is 194 Å². The van der Waals surface area contributed by atoms with Crippen molar-refractivity contribution >= 4 is 34.8 Å². The first-order valence-electron chi connectivity index (χ1n) is 10.4. The Bertz CT molecular complexity index is 1440. The van der Waals surface area contributed by atoms with E-state index >= 15 is 0 Å². The smallest absolute Gasteiger partial charge is 0.262 e. The molecule has 0 atom stereocenters. The van der Waals surface area contributed by atoms with Gasteiger partial charge < -0.3 is 10.1 Å². The molecule has 4 aromatic rings. The number of hydrogen-bond acceptors (Lipinski definition) is 6. The van der Waals surface area contributed by atoms with Crippen LogP contribution in [0.2, 0.25) is 0 Å². The van der Waals surface area contributed by atoms with Crippen molar-refractivity contribution in [3.63, 3.8) is 0 Å². The monoisotopic (exact) mass is 455 g/mol. The molecule has 0 spiro atoms. The van der Waals surface area contributed by atoms with Gasteiger partial charge in [-0.25, -0.2) is 9.67 Å². The number of thiazole rings is 1. The SMILES string of the molecule is Cc1ccc(C)c(N=c2scc(-c3ccc4c(c3)NC(=O)CO4)n2/N=C\c2ccccn2)c1. The zero-order valence-electron chi connectivity index (χ0n) is 18.1. The molecule has 0 saturated carbocycles. The molecular formula is C25H21N5O2S. The molecule has 0 bridgehead atoms. The summed E-state index contributed by atoms with van der Waals surface area (Å²) in [6.07, 6.45) is 3.44. The van der Waals surface area contributed by atoms with Crippen LogP contribution in [0, 0.1) is 13.8 Å². The lowest BCUT2D eigenvalue weighted by Crippen LogP contribution is -2.25. The summed E-state index contributed by atoms with van der Waals surface area (Å²) in [5, 5.41) is 9.59. The lowest BCUT2D eigenvalue weighted by molar-refractivity contribution is -0.118. The predicted octanol–water partition coefficient (Wildman–Crippen LogP) is 4.67. The van der Waals surface area contributed by atoms with Gasteiger partial charge in [-0.1, -0.05) is 18.2 Å². The van der Waals surface area contributed by atoms with Gasteiger partial charge in [-0.3, -0.25) is 9.78 Å². The van der Waals surface area contributed by atoms with Crippen LogP contribution in [0.15, 0.2) is 76.3 Å². The molecule has 8 heteroatoms. The van der Waals surface area contributed by atoms with Crippen molar-refractivity contribution in [3.8, 4) is 17.0 Å². The fourth-order valence-electron chi connectivity index (χ4n) is 3.44. The third kappa shape index (κ3) is 4.47. The van der Waals surface area contributed by atoms with E-state index in [0.29, 0.717) is 11.4 Å². The fraction of sp³-hybridized carbons (Fsp3) is 0.120. The van der Waals surface area contributed by atoms with Crippen molar-refractivity contribution in [2.45, 2.75) is 13.8 Å². The maximum absolute atomic E-state index is 11.8. The predicted molar refractivity (Wildman–Crippen MR) is 130 cm³/mol. The van der Waals surface area contributed by atoms with E-state index in [1.807, 2.05) is 48.7 Å². The summed E-state index contributed by atoms with van der Waals surface area (Å²) < 4.78 is 7.30. The van der Waals surface area contributed by atoms with Crippen molar-refractivity contribution < 1.29 is 9.53 Å². The molecule has 0 radical (unpaired) electrons. The normalized spacial score (nSPS) is 13.6. The van der Waals surface area contributed by atoms with Gasteiger partial charge in [-0.05, 0) is 61.4 Å². The van der Waals surface area contributed by atoms with E-state index in [2.05, 4.69) is 35.4 Å². The number of anilines is 1. The number of aromatic nitrogens is 2. The van der Waals surface area contributed by atoms with Gasteiger partial charge in [-0.2, -0.15) is 5.10 Å². The van der Waals surface area contributed by atoms with E-state index in [-0.39, 0.29) is 12.5 Å². The van der Waals surface area contributed by atoms with E-state index in [9.17, 15) is 4.79 Å². The molecule has 0 saturated heterocycles. The van der Waals surface area contributed by atoms with Crippen LogP contribution < -0.4 is 14.9 Å². The van der Waals surface area contributed by atoms with Gasteiger partial charge in [0.2, 0.25) is 4.80 Å². The zero-order chi connectivity index (χ0) is 22.8. The van der Waals surface area contributed by atoms with Crippen molar-refractivity contribution in [2.24, 2.45) is 10.1 Å². The summed E-state index contributed by atoms with van der Waals surface area (Å²) >= 11 is 1.50. The summed E-state index contributed by atoms with van der Waals surface area (Å²) in [5.41, 5.74) is 6.25. The number of rotatable bonds is 4. The minimum atomic E-state index is -0.170. The molecule has 2 aromatic carbocycles. The number of ether oxygens (including phenoxy) is 1. The van der Waals surface area contributed by atoms with E-state index in [1.54, 1.807) is 17.1 Å². The molecule has 2 aromatic heterocycles. The van der Waals surface area contributed by atoms with E-state index in [4.69, 9.17) is 14.8 Å². The topological polar surface area (TPSA) is 80.9 Å². The van der Waals surface area contributed by atoms with Gasteiger partial charge in [-0.15, -0.1) is 11.3 Å². The fourth-order valence-corrected chi connectivity index (χ4v) is 4.29. The Kier molecular flexibility index (Phi) is 5.58. The highest BCUT2D eigenvalue weighted by molar-refractivity contribution is 7.07. The van der Waals surface area contributed by atoms with Crippen LogP contribution in [0.5, 0.6) is 5.75 Å². The lowest BCUT2D eigenvalue weighted by atomic mass is 10.1. The average molecular weight is 456 g/mol. The molecule has 3 heterocycles. The van der Waals surface area contributed by atoms with E-state index in [1.165, 1.54) is 11.3 Å². The van der Waals surface area contributed by atoms with E-state index in [0.717, 1.165) is 38.6 Å². The van der Waals surface area contributed by atoms with Crippen LogP contribution in [-0.2, 0) is 4.79 Å². The number of nitrogens with one attached hydrogen (secondary N) is 1. The van der Waals surface area contributed by atoms with Crippen LogP contribution >= 0.6 is 11.3 Å². The Balaban J connectivity index is 1.65. The first-order chi connectivity index (χ1) is 16.1. The first kappa shape index (κ1) is 20.8. The molecule has 0 unspecified atom stereocenters. The molecule has 164 valence electrons. The number of aryl methyl sites for hydroxylation is 2. The summed E-state index contributed by atoms with van der Waals surface area (Å²) in [7, 11) is 0. The summed E-state index contributed by atoms with van der Waals surface area (Å²) in [4.78, 5) is 21.8. The molecule has 5 rings (SSSR count). The quantitative estimate of drug-likeness (QED) is 0.454. The van der Waals surface area contributed by atoms with Crippen molar-refractivity contribution in [1.82, 2.24) is 9.66 Å². The Hall–Kier alpha value is -4.04. The van der Waals surface area contributed by atoms with Gasteiger partial charge in [0.15, 0.2) is 6.61 Å². The van der Waals surface area contributed by atoms with Gasteiger partial charge in [0.25, 0.3) is 5.91 Å². The van der Waals surface area contributed by atoms with Crippen LogP contribution in [0.3, 0.4) is 0 Å².